The summed E-state index contributed by atoms with van der Waals surface area (Å²) in [5, 5.41) is 0.913. The number of rotatable bonds is 5. The Hall–Kier alpha value is -3.15. The molecule has 0 unspecified atom stereocenters. The summed E-state index contributed by atoms with van der Waals surface area (Å²) in [7, 11) is -1.89. The third kappa shape index (κ3) is 5.03. The van der Waals surface area contributed by atoms with E-state index >= 15 is 0 Å². The molecule has 0 radical (unpaired) electrons. The average molecular weight is 516 g/mol. The number of nitrogens with two attached hydrogens (primary N) is 1. The summed E-state index contributed by atoms with van der Waals surface area (Å²) in [6.45, 7) is 3.92. The van der Waals surface area contributed by atoms with Crippen LogP contribution >= 0.6 is 7.14 Å². The summed E-state index contributed by atoms with van der Waals surface area (Å²) in [6.07, 6.45) is 10.0. The summed E-state index contributed by atoms with van der Waals surface area (Å²) in [4.78, 5) is 11.6. The molecule has 0 atom stereocenters. The predicted octanol–water partition coefficient (Wildman–Crippen LogP) is 6.27. The summed E-state index contributed by atoms with van der Waals surface area (Å²) in [5.74, 6) is 2.11. The molecule has 3 heterocycles. The largest absolute Gasteiger partial charge is 0.457 e. The van der Waals surface area contributed by atoms with Crippen LogP contribution in [-0.2, 0) is 4.57 Å². The third-order valence-corrected chi connectivity index (χ3v) is 10.4. The number of para-hydroxylation sites is 1. The van der Waals surface area contributed by atoms with Crippen molar-refractivity contribution in [3.63, 3.8) is 0 Å². The average Bonchev–Trinajstić information content (AvgIpc) is 3.31. The summed E-state index contributed by atoms with van der Waals surface area (Å²) >= 11 is 0. The maximum Gasteiger partial charge on any atom is 0.146 e. The first-order valence-electron chi connectivity index (χ1n) is 13.2. The summed E-state index contributed by atoms with van der Waals surface area (Å²) in [6, 6.07) is 18.9. The minimum Gasteiger partial charge on any atom is -0.457 e. The van der Waals surface area contributed by atoms with Crippen LogP contribution < -0.4 is 10.5 Å². The number of hydrogen-bond acceptors (Lipinski definition) is 6. The molecular formula is C29H34N5O2P. The van der Waals surface area contributed by atoms with Crippen molar-refractivity contribution in [3.05, 3.63) is 67.1 Å². The Balaban J connectivity index is 1.23. The maximum absolute atomic E-state index is 12.4. The lowest BCUT2D eigenvalue weighted by Crippen LogP contribution is -2.44. The van der Waals surface area contributed by atoms with E-state index in [0.717, 1.165) is 84.8 Å². The smallest absolute Gasteiger partial charge is 0.146 e. The van der Waals surface area contributed by atoms with E-state index in [-0.39, 0.29) is 0 Å². The Bertz CT molecular complexity index is 1420. The minimum atomic E-state index is -1.89. The second-order valence-corrected chi connectivity index (χ2v) is 14.1. The van der Waals surface area contributed by atoms with E-state index in [1.165, 1.54) is 0 Å². The number of nitrogens with zero attached hydrogens (tertiary/aromatic N) is 4. The molecule has 6 rings (SSSR count). The van der Waals surface area contributed by atoms with Gasteiger partial charge < -0.3 is 19.6 Å². The van der Waals surface area contributed by atoms with Gasteiger partial charge in [0, 0.05) is 49.3 Å². The predicted molar refractivity (Wildman–Crippen MR) is 150 cm³/mol. The molecule has 8 heteroatoms. The molecule has 4 aromatic rings. The van der Waals surface area contributed by atoms with Crippen LogP contribution in [0.5, 0.6) is 11.5 Å². The standard InChI is InChI=1S/C29H34N5O2P/c1-37(35)17-15-33(16-18-37)22-9-11-23(12-10-22)34-19-26(27-28(30)31-20-32-29(27)34)21-7-13-25(14-8-21)36-24-5-3-2-4-6-24/h2-8,13-14,19-20,22-23H,9-12,15-18H2,1H3,(H2,30,31,32). The quantitative estimate of drug-likeness (QED) is 0.316. The molecule has 37 heavy (non-hydrogen) atoms. The normalized spacial score (nSPS) is 22.2. The first-order chi connectivity index (χ1) is 18.0. The lowest BCUT2D eigenvalue weighted by Gasteiger charge is -2.40. The molecule has 1 aliphatic heterocycles. The monoisotopic (exact) mass is 515 g/mol. The van der Waals surface area contributed by atoms with Gasteiger partial charge in [0.25, 0.3) is 0 Å². The van der Waals surface area contributed by atoms with Crippen LogP contribution in [0.2, 0.25) is 0 Å². The molecule has 1 saturated carbocycles. The van der Waals surface area contributed by atoms with Gasteiger partial charge in [-0.1, -0.05) is 30.3 Å². The Labute approximate surface area is 218 Å². The molecule has 1 aliphatic carbocycles. The topological polar surface area (TPSA) is 86.3 Å². The molecule has 0 amide bonds. The van der Waals surface area contributed by atoms with Gasteiger partial charge in [0.05, 0.1) is 12.5 Å². The van der Waals surface area contributed by atoms with E-state index in [1.807, 2.05) is 49.1 Å². The zero-order valence-corrected chi connectivity index (χ0v) is 22.2. The lowest BCUT2D eigenvalue weighted by molar-refractivity contribution is 0.148. The number of fused-ring (bicyclic) bond motifs is 1. The van der Waals surface area contributed by atoms with Gasteiger partial charge in [-0.2, -0.15) is 0 Å². The molecule has 0 spiro atoms. The fourth-order valence-corrected chi connectivity index (χ4v) is 7.49. The molecule has 2 aromatic carbocycles. The van der Waals surface area contributed by atoms with Crippen LogP contribution in [0.1, 0.15) is 31.7 Å². The van der Waals surface area contributed by atoms with E-state index in [1.54, 1.807) is 6.33 Å². The van der Waals surface area contributed by atoms with Gasteiger partial charge in [0.2, 0.25) is 0 Å². The SMILES string of the molecule is CP1(=O)CCN(C2CCC(n3cc(-c4ccc(Oc5ccccc5)cc4)c4c(N)ncnc43)CC2)CC1. The van der Waals surface area contributed by atoms with E-state index in [2.05, 4.69) is 37.8 Å². The number of anilines is 1. The van der Waals surface area contributed by atoms with Gasteiger partial charge in [0.15, 0.2) is 0 Å². The Kier molecular flexibility index (Phi) is 6.51. The van der Waals surface area contributed by atoms with Crippen molar-refractivity contribution in [1.82, 2.24) is 19.4 Å². The highest BCUT2D eigenvalue weighted by Gasteiger charge is 2.32. The van der Waals surface area contributed by atoms with Gasteiger partial charge in [0.1, 0.15) is 29.3 Å². The Morgan fingerprint density at radius 1 is 0.892 bits per heavy atom. The Morgan fingerprint density at radius 2 is 1.54 bits per heavy atom. The molecule has 2 fully saturated rings. The van der Waals surface area contributed by atoms with Crippen molar-refractivity contribution in [2.45, 2.75) is 37.8 Å². The molecule has 1 saturated heterocycles. The summed E-state index contributed by atoms with van der Waals surface area (Å²) < 4.78 is 20.7. The Morgan fingerprint density at radius 3 is 2.24 bits per heavy atom. The molecule has 0 bridgehead atoms. The lowest BCUT2D eigenvalue weighted by atomic mass is 9.90. The second kappa shape index (κ2) is 9.96. The van der Waals surface area contributed by atoms with E-state index in [0.29, 0.717) is 17.9 Å². The van der Waals surface area contributed by atoms with Crippen LogP contribution in [0.25, 0.3) is 22.2 Å². The van der Waals surface area contributed by atoms with Gasteiger partial charge in [-0.25, -0.2) is 9.97 Å². The number of nitrogen functional groups attached to an aromatic ring is 1. The van der Waals surface area contributed by atoms with Crippen LogP contribution in [0, 0.1) is 0 Å². The highest BCUT2D eigenvalue weighted by Crippen LogP contribution is 2.45. The molecule has 192 valence electrons. The van der Waals surface area contributed by atoms with E-state index in [9.17, 15) is 4.57 Å². The zero-order chi connectivity index (χ0) is 25.4. The highest BCUT2D eigenvalue weighted by atomic mass is 31.2. The van der Waals surface area contributed by atoms with E-state index < -0.39 is 7.14 Å². The summed E-state index contributed by atoms with van der Waals surface area (Å²) in [5.41, 5.74) is 9.41. The molecule has 2 aliphatic rings. The fraction of sp³-hybridized carbons (Fsp3) is 0.379. The molecule has 2 N–H and O–H groups in total. The number of hydrogen-bond donors (Lipinski definition) is 1. The van der Waals surface area contributed by atoms with Gasteiger partial charge in [-0.3, -0.25) is 4.90 Å². The van der Waals surface area contributed by atoms with E-state index in [4.69, 9.17) is 10.5 Å². The highest BCUT2D eigenvalue weighted by molar-refractivity contribution is 7.63. The first kappa shape index (κ1) is 24.2. The van der Waals surface area contributed by atoms with Gasteiger partial charge in [-0.15, -0.1) is 0 Å². The van der Waals surface area contributed by atoms with Crippen molar-refractivity contribution in [2.24, 2.45) is 0 Å². The minimum absolute atomic E-state index is 0.379. The van der Waals surface area contributed by atoms with Crippen LogP contribution in [0.4, 0.5) is 5.82 Å². The van der Waals surface area contributed by atoms with Crippen LogP contribution in [0.3, 0.4) is 0 Å². The molecule has 2 aromatic heterocycles. The van der Waals surface area contributed by atoms with Gasteiger partial charge >= 0.3 is 0 Å². The first-order valence-corrected chi connectivity index (χ1v) is 15.7. The van der Waals surface area contributed by atoms with Crippen molar-refractivity contribution in [2.75, 3.05) is 37.8 Å². The number of aromatic nitrogens is 3. The second-order valence-electron chi connectivity index (χ2n) is 10.6. The molecular weight excluding hydrogens is 481 g/mol. The van der Waals surface area contributed by atoms with Crippen molar-refractivity contribution in [1.29, 1.82) is 0 Å². The number of ether oxygens (including phenoxy) is 1. The maximum atomic E-state index is 12.4. The van der Waals surface area contributed by atoms with Crippen LogP contribution in [-0.4, -0.2) is 57.6 Å². The zero-order valence-electron chi connectivity index (χ0n) is 21.3. The van der Waals surface area contributed by atoms with Crippen molar-refractivity contribution < 1.29 is 9.30 Å². The van der Waals surface area contributed by atoms with Crippen molar-refractivity contribution in [3.8, 4) is 22.6 Å². The van der Waals surface area contributed by atoms with Gasteiger partial charge in [-0.05, 0) is 62.2 Å². The fourth-order valence-electron chi connectivity index (χ4n) is 5.90. The number of benzene rings is 2. The van der Waals surface area contributed by atoms with Crippen molar-refractivity contribution >= 4 is 24.0 Å². The van der Waals surface area contributed by atoms with Crippen LogP contribution in [0.15, 0.2) is 67.1 Å². The molecule has 7 nitrogen and oxygen atoms in total. The third-order valence-electron chi connectivity index (χ3n) is 8.08.